The zero-order chi connectivity index (χ0) is 30.4. The van der Waals surface area contributed by atoms with Crippen molar-refractivity contribution in [3.8, 4) is 11.5 Å². The van der Waals surface area contributed by atoms with Crippen molar-refractivity contribution in [2.45, 2.75) is 19.6 Å². The van der Waals surface area contributed by atoms with E-state index >= 15 is 0 Å². The lowest BCUT2D eigenvalue weighted by Gasteiger charge is -2.24. The number of aryl methyl sites for hydroxylation is 1. The molecule has 7 rings (SSSR count). The number of methoxy groups -OCH3 is 1. The minimum Gasteiger partial charge on any atom is -0.503 e. The molecule has 0 bridgehead atoms. The van der Waals surface area contributed by atoms with Crippen LogP contribution in [-0.2, 0) is 11.4 Å². The minimum atomic E-state index is -0.963. The Morgan fingerprint density at radius 2 is 1.80 bits per heavy atom. The Kier molecular flexibility index (Phi) is 6.87. The highest BCUT2D eigenvalue weighted by molar-refractivity contribution is 7.22. The van der Waals surface area contributed by atoms with Crippen molar-refractivity contribution in [2.75, 3.05) is 12.0 Å². The molecule has 3 heterocycles. The van der Waals surface area contributed by atoms with E-state index in [1.807, 2.05) is 55.5 Å². The summed E-state index contributed by atoms with van der Waals surface area (Å²) in [4.78, 5) is 33.9. The fraction of sp³-hybridized carbons (Fsp3) is 0.114. The molecule has 0 radical (unpaired) electrons. The van der Waals surface area contributed by atoms with E-state index in [9.17, 15) is 14.7 Å². The fourth-order valence-corrected chi connectivity index (χ4v) is 6.49. The molecule has 0 saturated heterocycles. The quantitative estimate of drug-likeness (QED) is 0.178. The van der Waals surface area contributed by atoms with E-state index in [1.54, 1.807) is 48.5 Å². The predicted molar refractivity (Wildman–Crippen MR) is 169 cm³/mol. The number of fused-ring (bicyclic) bond motifs is 2. The molecule has 8 nitrogen and oxygen atoms in total. The number of thiazole rings is 1. The summed E-state index contributed by atoms with van der Waals surface area (Å²) in [7, 11) is 1.52. The number of aliphatic hydroxyl groups excluding tert-OH is 1. The van der Waals surface area contributed by atoms with Crippen LogP contribution in [0.1, 0.15) is 33.3 Å². The van der Waals surface area contributed by atoms with Crippen molar-refractivity contribution >= 4 is 49.3 Å². The van der Waals surface area contributed by atoms with Gasteiger partial charge in [0.1, 0.15) is 12.4 Å². The Bertz CT molecular complexity index is 2080. The Balaban J connectivity index is 1.30. The van der Waals surface area contributed by atoms with Crippen molar-refractivity contribution in [1.29, 1.82) is 0 Å². The molecule has 218 valence electrons. The van der Waals surface area contributed by atoms with Crippen LogP contribution in [0.5, 0.6) is 11.5 Å². The maximum Gasteiger partial charge on any atom is 0.296 e. The topological polar surface area (TPSA) is 102 Å². The number of para-hydroxylation sites is 1. The first-order valence-corrected chi connectivity index (χ1v) is 14.7. The second-order valence-electron chi connectivity index (χ2n) is 10.5. The molecule has 0 saturated carbocycles. The van der Waals surface area contributed by atoms with E-state index in [0.29, 0.717) is 39.8 Å². The van der Waals surface area contributed by atoms with Crippen molar-refractivity contribution in [3.05, 3.63) is 131 Å². The molecule has 9 heteroatoms. The van der Waals surface area contributed by atoms with Gasteiger partial charge >= 0.3 is 0 Å². The van der Waals surface area contributed by atoms with E-state index in [4.69, 9.17) is 18.9 Å². The summed E-state index contributed by atoms with van der Waals surface area (Å²) in [5.74, 6) is -0.901. The van der Waals surface area contributed by atoms with E-state index in [2.05, 4.69) is 0 Å². The average molecular weight is 603 g/mol. The summed E-state index contributed by atoms with van der Waals surface area (Å²) in [5, 5.41) is 12.3. The molecule has 1 amide bonds. The Labute approximate surface area is 256 Å². The zero-order valence-electron chi connectivity index (χ0n) is 23.8. The molecule has 0 aliphatic carbocycles. The molecule has 4 aromatic carbocycles. The number of hydrogen-bond acceptors (Lipinski definition) is 8. The molecule has 6 aromatic rings. The summed E-state index contributed by atoms with van der Waals surface area (Å²) in [6, 6.07) is 28.7. The SMILES string of the molecule is COc1cccc2cc(C(=O)C3=C(O)C(=O)N(c4nc5ccc(C)cc5s4)C3c3ccc(OCc4ccccc4)cc3)oc12. The van der Waals surface area contributed by atoms with Gasteiger partial charge in [0.25, 0.3) is 5.91 Å². The van der Waals surface area contributed by atoms with Crippen LogP contribution < -0.4 is 14.4 Å². The number of rotatable bonds is 8. The summed E-state index contributed by atoms with van der Waals surface area (Å²) in [6.45, 7) is 2.37. The highest BCUT2D eigenvalue weighted by Gasteiger charge is 2.46. The lowest BCUT2D eigenvalue weighted by Crippen LogP contribution is -2.30. The number of furan rings is 1. The van der Waals surface area contributed by atoms with Gasteiger partial charge in [0.15, 0.2) is 28.0 Å². The number of benzene rings is 4. The largest absolute Gasteiger partial charge is 0.503 e. The minimum absolute atomic E-state index is 0.0200. The third kappa shape index (κ3) is 4.77. The number of hydrogen-bond donors (Lipinski definition) is 1. The lowest BCUT2D eigenvalue weighted by atomic mass is 9.95. The summed E-state index contributed by atoms with van der Waals surface area (Å²) in [6.07, 6.45) is 0. The van der Waals surface area contributed by atoms with Crippen molar-refractivity contribution in [3.63, 3.8) is 0 Å². The van der Waals surface area contributed by atoms with Crippen LogP contribution >= 0.6 is 11.3 Å². The first-order chi connectivity index (χ1) is 21.4. The van der Waals surface area contributed by atoms with Gasteiger partial charge in [0.2, 0.25) is 5.78 Å². The third-order valence-electron chi connectivity index (χ3n) is 7.59. The van der Waals surface area contributed by atoms with Gasteiger partial charge in [-0.25, -0.2) is 4.98 Å². The highest BCUT2D eigenvalue weighted by Crippen LogP contribution is 2.45. The summed E-state index contributed by atoms with van der Waals surface area (Å²) < 4.78 is 18.2. The summed E-state index contributed by atoms with van der Waals surface area (Å²) >= 11 is 1.32. The number of anilines is 1. The molecule has 0 spiro atoms. The van der Waals surface area contributed by atoms with E-state index < -0.39 is 23.5 Å². The van der Waals surface area contributed by atoms with Crippen molar-refractivity contribution in [2.24, 2.45) is 0 Å². The van der Waals surface area contributed by atoms with E-state index in [-0.39, 0.29) is 11.3 Å². The van der Waals surface area contributed by atoms with Crippen molar-refractivity contribution < 1.29 is 28.6 Å². The van der Waals surface area contributed by atoms with Crippen LogP contribution in [0.25, 0.3) is 21.2 Å². The Hall–Kier alpha value is -5.41. The van der Waals surface area contributed by atoms with Crippen molar-refractivity contribution in [1.82, 2.24) is 4.98 Å². The molecule has 1 unspecified atom stereocenters. The first kappa shape index (κ1) is 27.4. The number of carbonyl (C=O) groups excluding carboxylic acids is 2. The van der Waals surface area contributed by atoms with E-state index in [1.165, 1.54) is 23.3 Å². The molecular weight excluding hydrogens is 576 g/mol. The van der Waals surface area contributed by atoms with Gasteiger partial charge in [0.05, 0.1) is 28.9 Å². The second-order valence-corrected chi connectivity index (χ2v) is 11.5. The van der Waals surface area contributed by atoms with Crippen LogP contribution in [0.3, 0.4) is 0 Å². The molecule has 1 aliphatic rings. The van der Waals surface area contributed by atoms with Gasteiger partial charge in [0, 0.05) is 5.39 Å². The smallest absolute Gasteiger partial charge is 0.296 e. The van der Waals surface area contributed by atoms with Gasteiger partial charge in [-0.05, 0) is 60.0 Å². The highest BCUT2D eigenvalue weighted by atomic mass is 32.1. The Morgan fingerprint density at radius 3 is 2.57 bits per heavy atom. The van der Waals surface area contributed by atoms with Crippen LogP contribution in [0, 0.1) is 6.92 Å². The fourth-order valence-electron chi connectivity index (χ4n) is 5.40. The molecule has 1 N–H and O–H groups in total. The number of ketones is 1. The number of ether oxygens (including phenoxy) is 2. The normalized spacial score (nSPS) is 15.0. The average Bonchev–Trinajstić information content (AvgIpc) is 3.74. The van der Waals surface area contributed by atoms with Gasteiger partial charge in [-0.3, -0.25) is 14.5 Å². The Morgan fingerprint density at radius 1 is 1.00 bits per heavy atom. The van der Waals surface area contributed by atoms with Crippen LogP contribution in [0.2, 0.25) is 0 Å². The number of carbonyl (C=O) groups is 2. The third-order valence-corrected chi connectivity index (χ3v) is 8.60. The van der Waals surface area contributed by atoms with Crippen LogP contribution in [0.4, 0.5) is 5.13 Å². The first-order valence-electron chi connectivity index (χ1n) is 13.9. The number of nitrogens with zero attached hydrogens (tertiary/aromatic N) is 2. The van der Waals surface area contributed by atoms with Gasteiger partial charge < -0.3 is 19.0 Å². The number of aliphatic hydroxyl groups is 1. The van der Waals surface area contributed by atoms with Gasteiger partial charge in [-0.1, -0.05) is 72.0 Å². The molecule has 1 atom stereocenters. The zero-order valence-corrected chi connectivity index (χ0v) is 24.6. The molecule has 2 aromatic heterocycles. The molecule has 44 heavy (non-hydrogen) atoms. The second kappa shape index (κ2) is 11.0. The summed E-state index contributed by atoms with van der Waals surface area (Å²) in [5.41, 5.74) is 3.70. The van der Waals surface area contributed by atoms with E-state index in [0.717, 1.165) is 21.3 Å². The lowest BCUT2D eigenvalue weighted by molar-refractivity contribution is -0.117. The molecular formula is C35H26N2O6S. The number of aromatic nitrogens is 1. The number of amides is 1. The molecule has 0 fully saturated rings. The maximum atomic E-state index is 14.1. The standard InChI is InChI=1S/C35H26N2O6S/c1-20-11-16-25-28(17-20)44-35(36-25)37-30(22-12-14-24(15-13-22)42-19-21-7-4-3-5-8-21)29(32(39)34(37)40)31(38)27-18-23-9-6-10-26(41-2)33(23)43-27/h3-18,30,39H,19H2,1-2H3. The number of Topliss-reactive ketones (excluding diaryl/α,β-unsaturated/α-hetero) is 1. The van der Waals surface area contributed by atoms with Gasteiger partial charge in [-0.2, -0.15) is 0 Å². The maximum absolute atomic E-state index is 14.1. The molecule has 1 aliphatic heterocycles. The van der Waals surface area contributed by atoms with Crippen LogP contribution in [-0.4, -0.2) is 28.9 Å². The predicted octanol–water partition coefficient (Wildman–Crippen LogP) is 7.72. The van der Waals surface area contributed by atoms with Crippen LogP contribution in [0.15, 0.2) is 113 Å². The van der Waals surface area contributed by atoms with Gasteiger partial charge in [-0.15, -0.1) is 0 Å². The monoisotopic (exact) mass is 602 g/mol.